The first kappa shape index (κ1) is 12.4. The Morgan fingerprint density at radius 2 is 2.20 bits per heavy atom. The number of nitrogens with zero attached hydrogens (tertiary/aromatic N) is 1. The van der Waals surface area contributed by atoms with Gasteiger partial charge in [0, 0.05) is 13.6 Å². The number of amides is 1. The first-order chi connectivity index (χ1) is 6.90. The summed E-state index contributed by atoms with van der Waals surface area (Å²) in [7, 11) is 1.67. The average Bonchev–Trinajstić information content (AvgIpc) is 1.99. The summed E-state index contributed by atoms with van der Waals surface area (Å²) in [5.74, 6) is -0.0536. The summed E-state index contributed by atoms with van der Waals surface area (Å²) in [6, 6.07) is 0. The second kappa shape index (κ2) is 4.45. The summed E-state index contributed by atoms with van der Waals surface area (Å²) in [4.78, 5) is 13.9. The fraction of sp³-hybridized carbons (Fsp3) is 0.800. The Bertz CT molecular complexity index is 275. The van der Waals surface area contributed by atoms with Crippen molar-refractivity contribution in [1.82, 2.24) is 4.90 Å². The number of hydrogen-bond donors (Lipinski definition) is 2. The standard InChI is InChI=1S/C10H18N2O2S/c1-7(13)6-12(2)9(14)10(8(11)15)4-3-5-10/h7,13H,3-6H2,1-2H3,(H2,11,15). The molecule has 86 valence electrons. The van der Waals surface area contributed by atoms with Crippen LogP contribution in [0.25, 0.3) is 0 Å². The van der Waals surface area contributed by atoms with Crippen LogP contribution in [0.4, 0.5) is 0 Å². The van der Waals surface area contributed by atoms with E-state index in [1.54, 1.807) is 14.0 Å². The Balaban J connectivity index is 2.69. The summed E-state index contributed by atoms with van der Waals surface area (Å²) >= 11 is 4.96. The predicted molar refractivity (Wildman–Crippen MR) is 62.4 cm³/mol. The molecule has 5 heteroatoms. The first-order valence-corrected chi connectivity index (χ1v) is 5.54. The molecule has 1 amide bonds. The number of thiocarbonyl (C=S) groups is 1. The minimum absolute atomic E-state index is 0.0536. The lowest BCUT2D eigenvalue weighted by atomic mass is 9.67. The van der Waals surface area contributed by atoms with Crippen LogP contribution in [0.15, 0.2) is 0 Å². The van der Waals surface area contributed by atoms with Crippen molar-refractivity contribution in [2.75, 3.05) is 13.6 Å². The molecule has 0 heterocycles. The SMILES string of the molecule is CC(O)CN(C)C(=O)C1(C(N)=S)CCC1. The minimum Gasteiger partial charge on any atom is -0.392 e. The minimum atomic E-state index is -0.626. The summed E-state index contributed by atoms with van der Waals surface area (Å²) in [5.41, 5.74) is 5.00. The molecule has 0 aliphatic heterocycles. The van der Waals surface area contributed by atoms with Gasteiger partial charge in [0.2, 0.25) is 5.91 Å². The zero-order valence-corrected chi connectivity index (χ0v) is 10.0. The first-order valence-electron chi connectivity index (χ1n) is 5.13. The van der Waals surface area contributed by atoms with E-state index in [9.17, 15) is 9.90 Å². The molecule has 1 saturated carbocycles. The molecule has 1 aliphatic rings. The van der Waals surface area contributed by atoms with Gasteiger partial charge < -0.3 is 15.7 Å². The van der Waals surface area contributed by atoms with Gasteiger partial charge in [-0.05, 0) is 19.8 Å². The number of hydrogen-bond acceptors (Lipinski definition) is 3. The van der Waals surface area contributed by atoms with Crippen molar-refractivity contribution in [3.63, 3.8) is 0 Å². The molecular formula is C10H18N2O2S. The normalized spacial score (nSPS) is 20.2. The summed E-state index contributed by atoms with van der Waals surface area (Å²) in [6.07, 6.45) is 1.95. The van der Waals surface area contributed by atoms with Gasteiger partial charge in [-0.15, -0.1) is 0 Å². The smallest absolute Gasteiger partial charge is 0.235 e. The van der Waals surface area contributed by atoms with Crippen LogP contribution in [-0.2, 0) is 4.79 Å². The molecule has 0 radical (unpaired) electrons. The summed E-state index contributed by atoms with van der Waals surface area (Å²) in [6.45, 7) is 1.97. The number of carbonyl (C=O) groups excluding carboxylic acids is 1. The van der Waals surface area contributed by atoms with Gasteiger partial charge in [-0.3, -0.25) is 4.79 Å². The van der Waals surface area contributed by atoms with Gasteiger partial charge >= 0.3 is 0 Å². The molecule has 15 heavy (non-hydrogen) atoms. The van der Waals surface area contributed by atoms with Crippen molar-refractivity contribution in [2.24, 2.45) is 11.1 Å². The van der Waals surface area contributed by atoms with E-state index in [1.165, 1.54) is 4.90 Å². The van der Waals surface area contributed by atoms with Crippen molar-refractivity contribution in [3.8, 4) is 0 Å². The number of nitrogens with two attached hydrogens (primary N) is 1. The van der Waals surface area contributed by atoms with Gasteiger partial charge in [-0.25, -0.2) is 0 Å². The van der Waals surface area contributed by atoms with Gasteiger partial charge in [-0.2, -0.15) is 0 Å². The zero-order chi connectivity index (χ0) is 11.6. The van der Waals surface area contributed by atoms with E-state index in [2.05, 4.69) is 0 Å². The monoisotopic (exact) mass is 230 g/mol. The van der Waals surface area contributed by atoms with Crippen LogP contribution in [0.2, 0.25) is 0 Å². The van der Waals surface area contributed by atoms with Crippen LogP contribution in [0.1, 0.15) is 26.2 Å². The van der Waals surface area contributed by atoms with Crippen LogP contribution in [-0.4, -0.2) is 40.6 Å². The van der Waals surface area contributed by atoms with E-state index in [4.69, 9.17) is 18.0 Å². The average molecular weight is 230 g/mol. The van der Waals surface area contributed by atoms with Gasteiger partial charge in [0.05, 0.1) is 16.5 Å². The third kappa shape index (κ3) is 2.29. The van der Waals surface area contributed by atoms with E-state index >= 15 is 0 Å². The van der Waals surface area contributed by atoms with Gasteiger partial charge in [0.25, 0.3) is 0 Å². The molecule has 1 fully saturated rings. The molecule has 0 saturated heterocycles. The lowest BCUT2D eigenvalue weighted by molar-refractivity contribution is -0.141. The van der Waals surface area contributed by atoms with Gasteiger partial charge in [0.1, 0.15) is 0 Å². The second-order valence-corrected chi connectivity index (χ2v) is 4.77. The zero-order valence-electron chi connectivity index (χ0n) is 9.19. The van der Waals surface area contributed by atoms with Crippen LogP contribution in [0, 0.1) is 5.41 Å². The molecule has 1 unspecified atom stereocenters. The van der Waals surface area contributed by atoms with Crippen molar-refractivity contribution >= 4 is 23.1 Å². The Hall–Kier alpha value is -0.680. The van der Waals surface area contributed by atoms with Crippen molar-refractivity contribution in [3.05, 3.63) is 0 Å². The highest BCUT2D eigenvalue weighted by molar-refractivity contribution is 7.80. The fourth-order valence-electron chi connectivity index (χ4n) is 1.94. The van der Waals surface area contributed by atoms with E-state index < -0.39 is 11.5 Å². The molecule has 0 aromatic carbocycles. The van der Waals surface area contributed by atoms with Crippen LogP contribution in [0.3, 0.4) is 0 Å². The molecule has 4 nitrogen and oxygen atoms in total. The van der Waals surface area contributed by atoms with E-state index in [0.717, 1.165) is 19.3 Å². The molecule has 0 aromatic heterocycles. The molecule has 0 bridgehead atoms. The largest absolute Gasteiger partial charge is 0.392 e. The Morgan fingerprint density at radius 3 is 2.47 bits per heavy atom. The van der Waals surface area contributed by atoms with Crippen molar-refractivity contribution in [1.29, 1.82) is 0 Å². The molecule has 0 spiro atoms. The fourth-order valence-corrected chi connectivity index (χ4v) is 2.23. The maximum absolute atomic E-state index is 12.1. The topological polar surface area (TPSA) is 66.6 Å². The quantitative estimate of drug-likeness (QED) is 0.681. The second-order valence-electron chi connectivity index (χ2n) is 4.33. The Labute approximate surface area is 95.4 Å². The van der Waals surface area contributed by atoms with Crippen LogP contribution >= 0.6 is 12.2 Å². The lowest BCUT2D eigenvalue weighted by Crippen LogP contribution is -2.54. The van der Waals surface area contributed by atoms with Crippen molar-refractivity contribution < 1.29 is 9.90 Å². The third-order valence-corrected chi connectivity index (χ3v) is 3.36. The number of aliphatic hydroxyl groups excluding tert-OH is 1. The number of aliphatic hydroxyl groups is 1. The summed E-state index contributed by atoms with van der Waals surface area (Å²) < 4.78 is 0. The van der Waals surface area contributed by atoms with E-state index in [0.29, 0.717) is 6.54 Å². The molecular weight excluding hydrogens is 212 g/mol. The maximum Gasteiger partial charge on any atom is 0.235 e. The highest BCUT2D eigenvalue weighted by atomic mass is 32.1. The lowest BCUT2D eigenvalue weighted by Gasteiger charge is -2.41. The van der Waals surface area contributed by atoms with E-state index in [-0.39, 0.29) is 10.9 Å². The van der Waals surface area contributed by atoms with E-state index in [1.807, 2.05) is 0 Å². The van der Waals surface area contributed by atoms with Gasteiger partial charge in [-0.1, -0.05) is 18.6 Å². The predicted octanol–water partition coefficient (Wildman–Crippen LogP) is 0.282. The molecule has 1 atom stereocenters. The Morgan fingerprint density at radius 1 is 1.67 bits per heavy atom. The van der Waals surface area contributed by atoms with Crippen LogP contribution < -0.4 is 5.73 Å². The molecule has 3 N–H and O–H groups in total. The highest BCUT2D eigenvalue weighted by Crippen LogP contribution is 2.42. The molecule has 1 rings (SSSR count). The summed E-state index contributed by atoms with van der Waals surface area (Å²) in [5, 5.41) is 9.21. The molecule has 0 aromatic rings. The maximum atomic E-state index is 12.1. The Kier molecular flexibility index (Phi) is 3.67. The number of likely N-dealkylation sites (N-methyl/N-ethyl adjacent to an activating group) is 1. The van der Waals surface area contributed by atoms with Crippen molar-refractivity contribution in [2.45, 2.75) is 32.3 Å². The third-order valence-electron chi connectivity index (χ3n) is 2.97. The number of rotatable bonds is 4. The highest BCUT2D eigenvalue weighted by Gasteiger charge is 2.48. The van der Waals surface area contributed by atoms with Gasteiger partial charge in [0.15, 0.2) is 0 Å². The van der Waals surface area contributed by atoms with Crippen LogP contribution in [0.5, 0.6) is 0 Å². The molecule has 1 aliphatic carbocycles. The number of carbonyl (C=O) groups is 1.